The number of ether oxygens (including phenoxy) is 2. The summed E-state index contributed by atoms with van der Waals surface area (Å²) in [7, 11) is -3.33. The average molecular weight is 520 g/mol. The quantitative estimate of drug-likeness (QED) is 0.532. The van der Waals surface area contributed by atoms with Gasteiger partial charge in [0.2, 0.25) is 0 Å². The van der Waals surface area contributed by atoms with E-state index in [0.29, 0.717) is 50.4 Å². The van der Waals surface area contributed by atoms with E-state index in [1.165, 1.54) is 24.3 Å². The number of esters is 1. The van der Waals surface area contributed by atoms with Gasteiger partial charge in [-0.15, -0.1) is 0 Å². The van der Waals surface area contributed by atoms with Gasteiger partial charge in [0.15, 0.2) is 9.84 Å². The molecule has 0 bridgehead atoms. The van der Waals surface area contributed by atoms with Gasteiger partial charge >= 0.3 is 5.97 Å². The van der Waals surface area contributed by atoms with Gasteiger partial charge in [0.1, 0.15) is 5.69 Å². The van der Waals surface area contributed by atoms with Gasteiger partial charge in [0, 0.05) is 43.7 Å². The summed E-state index contributed by atoms with van der Waals surface area (Å²) in [6, 6.07) is 5.80. The van der Waals surface area contributed by atoms with Crippen molar-refractivity contribution in [2.75, 3.05) is 32.1 Å². The zero-order valence-corrected chi connectivity index (χ0v) is 22.4. The molecule has 1 aromatic heterocycles. The molecule has 0 atom stereocenters. The van der Waals surface area contributed by atoms with Crippen LogP contribution in [-0.2, 0) is 38.7 Å². The summed E-state index contributed by atoms with van der Waals surface area (Å²) in [5, 5.41) is 7.73. The second-order valence-electron chi connectivity index (χ2n) is 9.76. The fourth-order valence-electron chi connectivity index (χ4n) is 4.16. The summed E-state index contributed by atoms with van der Waals surface area (Å²) in [6.45, 7) is 10.0. The number of aryl methyl sites for hydroxylation is 1. The Labute approximate surface area is 213 Å². The van der Waals surface area contributed by atoms with Crippen molar-refractivity contribution < 1.29 is 27.5 Å². The van der Waals surface area contributed by atoms with Crippen molar-refractivity contribution in [2.24, 2.45) is 5.41 Å². The van der Waals surface area contributed by atoms with Crippen molar-refractivity contribution >= 4 is 21.7 Å². The minimum absolute atomic E-state index is 0.00282. The van der Waals surface area contributed by atoms with Crippen molar-refractivity contribution in [3.05, 3.63) is 46.8 Å². The molecule has 9 nitrogen and oxygen atoms in total. The van der Waals surface area contributed by atoms with Crippen LogP contribution in [0.25, 0.3) is 0 Å². The van der Waals surface area contributed by atoms with E-state index in [-0.39, 0.29) is 23.2 Å². The minimum Gasteiger partial charge on any atom is -0.462 e. The lowest BCUT2D eigenvalue weighted by atomic mass is 9.86. The van der Waals surface area contributed by atoms with E-state index in [1.807, 2.05) is 20.8 Å². The van der Waals surface area contributed by atoms with E-state index in [1.54, 1.807) is 11.6 Å². The summed E-state index contributed by atoms with van der Waals surface area (Å²) < 4.78 is 37.0. The van der Waals surface area contributed by atoms with E-state index in [4.69, 9.17) is 14.6 Å². The molecular weight excluding hydrogens is 482 g/mol. The maximum absolute atomic E-state index is 13.0. The fraction of sp³-hybridized carbons (Fsp3) is 0.577. The number of fused-ring (bicyclic) bond motifs is 1. The van der Waals surface area contributed by atoms with E-state index < -0.39 is 21.2 Å². The predicted molar refractivity (Wildman–Crippen MR) is 136 cm³/mol. The van der Waals surface area contributed by atoms with Crippen LogP contribution in [0.1, 0.15) is 72.6 Å². The van der Waals surface area contributed by atoms with E-state index in [9.17, 15) is 18.0 Å². The maximum Gasteiger partial charge on any atom is 0.338 e. The van der Waals surface area contributed by atoms with Crippen LogP contribution in [0.5, 0.6) is 0 Å². The largest absolute Gasteiger partial charge is 0.462 e. The van der Waals surface area contributed by atoms with Gasteiger partial charge in [-0.3, -0.25) is 9.48 Å². The first-order valence-electron chi connectivity index (χ1n) is 12.5. The Morgan fingerprint density at radius 3 is 2.53 bits per heavy atom. The van der Waals surface area contributed by atoms with Crippen LogP contribution in [0.3, 0.4) is 0 Å². The minimum atomic E-state index is -3.33. The topological polar surface area (TPSA) is 117 Å². The molecule has 198 valence electrons. The second kappa shape index (κ2) is 12.0. The second-order valence-corrected chi connectivity index (χ2v) is 12.0. The molecule has 3 rings (SSSR count). The van der Waals surface area contributed by atoms with Crippen molar-refractivity contribution in [3.8, 4) is 0 Å². The van der Waals surface area contributed by atoms with Crippen LogP contribution < -0.4 is 5.32 Å². The van der Waals surface area contributed by atoms with Gasteiger partial charge in [-0.25, -0.2) is 13.2 Å². The van der Waals surface area contributed by atoms with E-state index in [2.05, 4.69) is 5.32 Å². The van der Waals surface area contributed by atoms with Crippen LogP contribution >= 0.6 is 0 Å². The number of rotatable bonds is 8. The Bertz CT molecular complexity index is 1170. The van der Waals surface area contributed by atoms with Crippen LogP contribution in [0.2, 0.25) is 0 Å². The number of amides is 1. The molecule has 2 heterocycles. The fourth-order valence-corrected chi connectivity index (χ4v) is 5.05. The molecule has 0 saturated carbocycles. The molecule has 0 spiro atoms. The van der Waals surface area contributed by atoms with Gasteiger partial charge in [-0.1, -0.05) is 20.8 Å². The highest BCUT2D eigenvalue weighted by Gasteiger charge is 2.29. The Kier molecular flexibility index (Phi) is 9.30. The summed E-state index contributed by atoms with van der Waals surface area (Å²) in [6.07, 6.45) is 2.77. The molecule has 1 N–H and O–H groups in total. The standard InChI is InChI=1S/C26H37N3O6S/c1-5-29-23-21(9-7-15-34-16-8-14-27-24(23)30)22(28-29)17-26(3,4)18-35-25(31)19-10-12-20(13-11-19)36(32,33)6-2/h10-13H,5-9,14-18H2,1-4H3,(H,27,30). The number of hydrogen-bond donors (Lipinski definition) is 1. The van der Waals surface area contributed by atoms with Gasteiger partial charge in [0.25, 0.3) is 5.91 Å². The summed E-state index contributed by atoms with van der Waals surface area (Å²) in [5.74, 6) is -0.638. The van der Waals surface area contributed by atoms with E-state index in [0.717, 1.165) is 24.1 Å². The van der Waals surface area contributed by atoms with Crippen molar-refractivity contribution in [1.82, 2.24) is 15.1 Å². The highest BCUT2D eigenvalue weighted by Crippen LogP contribution is 2.27. The lowest BCUT2D eigenvalue weighted by molar-refractivity contribution is 0.0339. The SMILES string of the molecule is CCn1nc(CC(C)(C)COC(=O)c2ccc(S(=O)(=O)CC)cc2)c2c1C(=O)NCCCOCCC2. The van der Waals surface area contributed by atoms with Gasteiger partial charge in [0.05, 0.1) is 28.5 Å². The molecule has 0 radical (unpaired) electrons. The van der Waals surface area contributed by atoms with Gasteiger partial charge in [-0.2, -0.15) is 5.10 Å². The maximum atomic E-state index is 13.0. The Balaban J connectivity index is 1.73. The molecule has 10 heteroatoms. The van der Waals surface area contributed by atoms with Gasteiger partial charge in [-0.05, 0) is 50.5 Å². The first-order chi connectivity index (χ1) is 17.1. The van der Waals surface area contributed by atoms with Crippen molar-refractivity contribution in [2.45, 2.75) is 64.8 Å². The molecule has 0 unspecified atom stereocenters. The third-order valence-corrected chi connectivity index (χ3v) is 7.93. The Morgan fingerprint density at radius 2 is 1.86 bits per heavy atom. The zero-order chi connectivity index (χ0) is 26.3. The highest BCUT2D eigenvalue weighted by molar-refractivity contribution is 7.91. The average Bonchev–Trinajstić information content (AvgIpc) is 3.18. The molecule has 2 aromatic rings. The molecule has 36 heavy (non-hydrogen) atoms. The number of nitrogens with zero attached hydrogens (tertiary/aromatic N) is 2. The summed E-state index contributed by atoms with van der Waals surface area (Å²) in [4.78, 5) is 25.8. The first-order valence-corrected chi connectivity index (χ1v) is 14.2. The lowest BCUT2D eigenvalue weighted by Gasteiger charge is -2.24. The number of benzene rings is 1. The smallest absolute Gasteiger partial charge is 0.338 e. The molecule has 0 saturated heterocycles. The number of hydrogen-bond acceptors (Lipinski definition) is 7. The number of nitrogens with one attached hydrogen (secondary N) is 1. The molecule has 1 aromatic carbocycles. The number of aromatic nitrogens is 2. The monoisotopic (exact) mass is 519 g/mol. The summed E-state index contributed by atoms with van der Waals surface area (Å²) in [5.41, 5.74) is 2.20. The third-order valence-electron chi connectivity index (χ3n) is 6.18. The highest BCUT2D eigenvalue weighted by atomic mass is 32.2. The number of sulfone groups is 1. The molecule has 0 aliphatic carbocycles. The number of carbonyl (C=O) groups excluding carboxylic acids is 2. The summed E-state index contributed by atoms with van der Waals surface area (Å²) >= 11 is 0. The molecular formula is C26H37N3O6S. The Hall–Kier alpha value is -2.72. The van der Waals surface area contributed by atoms with Crippen LogP contribution in [-0.4, -0.2) is 62.2 Å². The molecule has 1 aliphatic heterocycles. The van der Waals surface area contributed by atoms with Crippen LogP contribution in [0.15, 0.2) is 29.2 Å². The predicted octanol–water partition coefficient (Wildman–Crippen LogP) is 3.21. The van der Waals surface area contributed by atoms with Crippen LogP contribution in [0, 0.1) is 5.41 Å². The van der Waals surface area contributed by atoms with Crippen molar-refractivity contribution in [1.29, 1.82) is 0 Å². The third kappa shape index (κ3) is 6.94. The molecule has 0 fully saturated rings. The van der Waals surface area contributed by atoms with Gasteiger partial charge < -0.3 is 14.8 Å². The molecule has 1 amide bonds. The molecule has 1 aliphatic rings. The lowest BCUT2D eigenvalue weighted by Crippen LogP contribution is -2.28. The zero-order valence-electron chi connectivity index (χ0n) is 21.6. The number of carbonyl (C=O) groups is 2. The van der Waals surface area contributed by atoms with E-state index >= 15 is 0 Å². The normalized spacial score (nSPS) is 15.5. The van der Waals surface area contributed by atoms with Crippen LogP contribution in [0.4, 0.5) is 0 Å². The van der Waals surface area contributed by atoms with Crippen molar-refractivity contribution in [3.63, 3.8) is 0 Å². The first kappa shape index (κ1) is 27.9. The Morgan fingerprint density at radius 1 is 1.17 bits per heavy atom.